The van der Waals surface area contributed by atoms with Gasteiger partial charge in [-0.1, -0.05) is 11.6 Å². The Morgan fingerprint density at radius 1 is 1.46 bits per heavy atom. The Hall–Kier alpha value is -3.36. The smallest absolute Gasteiger partial charge is 0.342 e. The Balaban J connectivity index is 1.71. The van der Waals surface area contributed by atoms with Gasteiger partial charge >= 0.3 is 5.97 Å². The number of methoxy groups -OCH3 is 1. The van der Waals surface area contributed by atoms with Crippen molar-refractivity contribution >= 4 is 17.8 Å². The van der Waals surface area contributed by atoms with Gasteiger partial charge in [-0.3, -0.25) is 10.1 Å². The lowest BCUT2D eigenvalue weighted by molar-refractivity contribution is -0.116. The van der Waals surface area contributed by atoms with Crippen LogP contribution in [0.2, 0.25) is 0 Å². The molecule has 0 saturated carbocycles. The highest BCUT2D eigenvalue weighted by molar-refractivity contribution is 5.98. The summed E-state index contributed by atoms with van der Waals surface area (Å²) in [6.45, 7) is 3.88. The quantitative estimate of drug-likeness (QED) is 0.493. The molecule has 0 fully saturated rings. The minimum Gasteiger partial charge on any atom is -0.507 e. The van der Waals surface area contributed by atoms with Crippen molar-refractivity contribution in [3.63, 3.8) is 0 Å². The highest BCUT2D eigenvalue weighted by atomic mass is 16.5. The van der Waals surface area contributed by atoms with Gasteiger partial charge in [0, 0.05) is 17.5 Å². The van der Waals surface area contributed by atoms with Crippen molar-refractivity contribution in [2.24, 2.45) is 0 Å². The number of phenolic OH excluding ortho intramolecular Hbond substituents is 1. The largest absolute Gasteiger partial charge is 0.507 e. The molecule has 1 amide bonds. The number of benzene rings is 1. The van der Waals surface area contributed by atoms with E-state index in [4.69, 9.17) is 9.47 Å². The van der Waals surface area contributed by atoms with E-state index >= 15 is 0 Å². The van der Waals surface area contributed by atoms with Crippen molar-refractivity contribution in [1.29, 1.82) is 0 Å². The first-order valence-corrected chi connectivity index (χ1v) is 8.81. The van der Waals surface area contributed by atoms with Crippen LogP contribution in [0.15, 0.2) is 18.0 Å². The summed E-state index contributed by atoms with van der Waals surface area (Å²) >= 11 is 0. The third kappa shape index (κ3) is 3.83. The van der Waals surface area contributed by atoms with Crippen molar-refractivity contribution in [3.05, 3.63) is 40.2 Å². The van der Waals surface area contributed by atoms with Gasteiger partial charge in [-0.15, -0.1) is 0 Å². The van der Waals surface area contributed by atoms with Gasteiger partial charge in [-0.2, -0.15) is 10.1 Å². The summed E-state index contributed by atoms with van der Waals surface area (Å²) in [5.74, 6) is 0.0425. The van der Waals surface area contributed by atoms with Crippen LogP contribution in [-0.2, 0) is 22.6 Å². The molecule has 1 aromatic carbocycles. The molecule has 28 heavy (non-hydrogen) atoms. The number of ether oxygens (including phenoxy) is 2. The fraction of sp³-hybridized carbons (Fsp3) is 0.368. The number of nitrogens with zero attached hydrogens (tertiary/aromatic N) is 2. The van der Waals surface area contributed by atoms with Crippen LogP contribution in [0.5, 0.6) is 11.5 Å². The highest BCUT2D eigenvalue weighted by Gasteiger charge is 2.31. The molecular weight excluding hydrogens is 364 g/mol. The van der Waals surface area contributed by atoms with E-state index in [0.29, 0.717) is 35.7 Å². The molecule has 0 aliphatic carbocycles. The van der Waals surface area contributed by atoms with Crippen LogP contribution in [0.25, 0.3) is 0 Å². The van der Waals surface area contributed by atoms with E-state index in [1.165, 1.54) is 13.4 Å². The monoisotopic (exact) mass is 386 g/mol. The molecule has 9 heteroatoms. The van der Waals surface area contributed by atoms with Crippen LogP contribution in [0.3, 0.4) is 0 Å². The van der Waals surface area contributed by atoms with Gasteiger partial charge < -0.3 is 14.6 Å². The van der Waals surface area contributed by atoms with Gasteiger partial charge in [0.2, 0.25) is 11.9 Å². The summed E-state index contributed by atoms with van der Waals surface area (Å²) in [7, 11) is 1.53. The summed E-state index contributed by atoms with van der Waals surface area (Å²) < 4.78 is 10.5. The molecule has 1 aromatic heterocycles. The number of aromatic nitrogens is 3. The Kier molecular flexibility index (Phi) is 5.62. The summed E-state index contributed by atoms with van der Waals surface area (Å²) in [6, 6.07) is 0. The minimum atomic E-state index is -0.524. The average molecular weight is 386 g/mol. The maximum absolute atomic E-state index is 11.9. The first kappa shape index (κ1) is 19.4. The van der Waals surface area contributed by atoms with Crippen LogP contribution in [0.4, 0.5) is 5.95 Å². The van der Waals surface area contributed by atoms with Crippen molar-refractivity contribution in [2.45, 2.75) is 39.7 Å². The molecule has 3 N–H and O–H groups in total. The fourth-order valence-electron chi connectivity index (χ4n) is 3.18. The predicted octanol–water partition coefficient (Wildman–Crippen LogP) is 2.41. The van der Waals surface area contributed by atoms with Gasteiger partial charge in [0.1, 0.15) is 30.0 Å². The number of hydrogen-bond donors (Lipinski definition) is 3. The lowest BCUT2D eigenvalue weighted by Crippen LogP contribution is -2.12. The molecule has 3 rings (SSSR count). The number of hydrogen-bond acceptors (Lipinski definition) is 7. The summed E-state index contributed by atoms with van der Waals surface area (Å²) in [5.41, 5.74) is 3.16. The number of aromatic amines is 1. The number of fused-ring (bicyclic) bond motifs is 1. The zero-order valence-corrected chi connectivity index (χ0v) is 16.0. The van der Waals surface area contributed by atoms with Crippen molar-refractivity contribution in [1.82, 2.24) is 15.2 Å². The van der Waals surface area contributed by atoms with Gasteiger partial charge in [-0.05, 0) is 32.3 Å². The second-order valence-corrected chi connectivity index (χ2v) is 6.55. The number of anilines is 1. The number of phenols is 1. The zero-order chi connectivity index (χ0) is 20.3. The normalized spacial score (nSPS) is 13.2. The van der Waals surface area contributed by atoms with E-state index in [-0.39, 0.29) is 30.2 Å². The first-order chi connectivity index (χ1) is 13.4. The highest BCUT2D eigenvalue weighted by Crippen LogP contribution is 2.42. The molecule has 1 aliphatic heterocycles. The second-order valence-electron chi connectivity index (χ2n) is 6.55. The van der Waals surface area contributed by atoms with Crippen LogP contribution in [0.1, 0.15) is 46.8 Å². The summed E-state index contributed by atoms with van der Waals surface area (Å²) in [4.78, 5) is 27.7. The lowest BCUT2D eigenvalue weighted by Gasteiger charge is -2.15. The average Bonchev–Trinajstić information content (AvgIpc) is 3.31. The molecule has 0 radical (unpaired) electrons. The van der Waals surface area contributed by atoms with Crippen LogP contribution in [0, 0.1) is 6.92 Å². The van der Waals surface area contributed by atoms with Crippen LogP contribution >= 0.6 is 0 Å². The van der Waals surface area contributed by atoms with Crippen LogP contribution in [-0.4, -0.2) is 39.3 Å². The lowest BCUT2D eigenvalue weighted by atomic mass is 9.94. The third-order valence-corrected chi connectivity index (χ3v) is 4.72. The van der Waals surface area contributed by atoms with Gasteiger partial charge in [0.25, 0.3) is 0 Å². The molecule has 0 atom stereocenters. The van der Waals surface area contributed by atoms with E-state index in [2.05, 4.69) is 20.5 Å². The second kappa shape index (κ2) is 8.12. The van der Waals surface area contributed by atoms with E-state index in [1.807, 2.05) is 19.9 Å². The Morgan fingerprint density at radius 3 is 2.93 bits per heavy atom. The van der Waals surface area contributed by atoms with Crippen molar-refractivity contribution in [2.75, 3.05) is 12.4 Å². The van der Waals surface area contributed by atoms with Gasteiger partial charge in [0.15, 0.2) is 0 Å². The maximum atomic E-state index is 11.9. The molecular formula is C19H22N4O5. The molecule has 0 saturated heterocycles. The molecule has 2 aromatic rings. The van der Waals surface area contributed by atoms with E-state index in [9.17, 15) is 14.7 Å². The number of esters is 1. The Morgan fingerprint density at radius 2 is 2.25 bits per heavy atom. The number of allylic oxidation sites excluding steroid dienone is 2. The topological polar surface area (TPSA) is 126 Å². The van der Waals surface area contributed by atoms with Crippen molar-refractivity contribution in [3.8, 4) is 11.5 Å². The molecule has 0 unspecified atom stereocenters. The number of carbonyl (C=O) groups is 2. The third-order valence-electron chi connectivity index (χ3n) is 4.72. The van der Waals surface area contributed by atoms with Gasteiger partial charge in [-0.25, -0.2) is 9.89 Å². The Labute approximate surface area is 161 Å². The molecule has 1 aliphatic rings. The van der Waals surface area contributed by atoms with Crippen LogP contribution < -0.4 is 10.1 Å². The SMILES string of the molecule is COc1c(C)c2c(c(O)c1C/C=C(\C)CCC(=O)Nc1ncn[nH]1)C(=O)OC2. The molecule has 2 heterocycles. The van der Waals surface area contributed by atoms with E-state index in [0.717, 1.165) is 11.1 Å². The standard InChI is InChI=1S/C19H22N4O5/c1-10(5-7-14(24)22-19-20-9-21-23-19)4-6-12-16(25)15-13(8-28-18(15)26)11(2)17(12)27-3/h4,9,25H,5-8H2,1-3H3,(H2,20,21,22,23,24)/b10-4+. The number of cyclic esters (lactones) is 1. The number of nitrogens with one attached hydrogen (secondary N) is 2. The number of aromatic hydroxyl groups is 1. The first-order valence-electron chi connectivity index (χ1n) is 8.81. The molecule has 148 valence electrons. The summed E-state index contributed by atoms with van der Waals surface area (Å²) in [5, 5.41) is 19.4. The Bertz CT molecular complexity index is 935. The van der Waals surface area contributed by atoms with E-state index in [1.54, 1.807) is 0 Å². The van der Waals surface area contributed by atoms with Crippen molar-refractivity contribution < 1.29 is 24.2 Å². The maximum Gasteiger partial charge on any atom is 0.342 e. The number of carbonyl (C=O) groups excluding carboxylic acids is 2. The fourth-order valence-corrected chi connectivity index (χ4v) is 3.18. The zero-order valence-electron chi connectivity index (χ0n) is 16.0. The molecule has 9 nitrogen and oxygen atoms in total. The number of amides is 1. The molecule has 0 bridgehead atoms. The predicted molar refractivity (Wildman–Crippen MR) is 100 cm³/mol. The molecule has 0 spiro atoms. The minimum absolute atomic E-state index is 0.105. The van der Waals surface area contributed by atoms with Gasteiger partial charge in [0.05, 0.1) is 7.11 Å². The number of H-pyrrole nitrogens is 1. The summed E-state index contributed by atoms with van der Waals surface area (Å²) in [6.07, 6.45) is 4.41. The van der Waals surface area contributed by atoms with E-state index < -0.39 is 5.97 Å². The number of rotatable bonds is 7.